The van der Waals surface area contributed by atoms with Crippen LogP contribution in [0.25, 0.3) is 0 Å². The number of rotatable bonds is 30. The molecule has 85 heavy (non-hydrogen) atoms. The van der Waals surface area contributed by atoms with Crippen LogP contribution in [0.2, 0.25) is 0 Å². The van der Waals surface area contributed by atoms with Gasteiger partial charge >= 0.3 is 11.9 Å². The number of hydrogen-bond acceptors (Lipinski definition) is 17. The minimum Gasteiger partial charge on any atom is -0.497 e. The van der Waals surface area contributed by atoms with Crippen LogP contribution in [-0.4, -0.2) is 169 Å². The fraction of sp³-hybridized carbons (Fsp3) is 0.576. The maximum Gasteiger partial charge on any atom is 0.307 e. The molecule has 0 saturated carbocycles. The molecule has 0 spiro atoms. The first-order valence-corrected chi connectivity index (χ1v) is 29.3. The van der Waals surface area contributed by atoms with Crippen molar-refractivity contribution in [2.75, 3.05) is 95.4 Å². The third-order valence-corrected chi connectivity index (χ3v) is 14.4. The van der Waals surface area contributed by atoms with Gasteiger partial charge in [-0.25, -0.2) is 0 Å². The summed E-state index contributed by atoms with van der Waals surface area (Å²) in [5.41, 5.74) is 3.29. The fourth-order valence-corrected chi connectivity index (χ4v) is 10.3. The summed E-state index contributed by atoms with van der Waals surface area (Å²) in [5, 5.41) is 3.12. The number of esters is 2. The molecule has 1 amide bonds. The van der Waals surface area contributed by atoms with Gasteiger partial charge in [0.25, 0.3) is 11.1 Å². The van der Waals surface area contributed by atoms with Crippen LogP contribution in [0.4, 0.5) is 0 Å². The number of nitrogens with one attached hydrogen (secondary N) is 1. The zero-order chi connectivity index (χ0) is 60.7. The molecule has 4 aromatic carbocycles. The maximum absolute atomic E-state index is 14.0. The summed E-state index contributed by atoms with van der Waals surface area (Å²) in [6.07, 6.45) is 5.98. The number of halogens is 1. The standard InChI is InChI=1S/C32H46N2O7.C20H32N2O3.C12H15ClO4.2CH4/c1-7-40-31(35)20-26-12-13-27(22-33(26)21-24-9-14-28(38-5)15-10-24)34(23(2)3)32(36)25-11-16-29(39-6)30(19-25)41-18-8-17-37-4;1-5-25-20(23)12-18-9-8-17(21-15(2)3)14-22(18)13-16-6-10-19(24-4)11-7-16;1-15-6-3-7-17-11-8-9(12(13)14)4-5-10(11)16-2;;/h9-11,14-16,19,23,26-27H,7-8,12-13,17-18,20-22H2,1-6H3;6-7,10-11,15,17-18,21H,5,8-9,12-14H2,1-4H3;4-5,8H,3,6-7H2,1-2H3;2*1H4/t26-,27+;17-,18+;;;/m01.../s1. The smallest absolute Gasteiger partial charge is 0.307 e. The minimum atomic E-state index is -0.519. The predicted molar refractivity (Wildman–Crippen MR) is 336 cm³/mol. The van der Waals surface area contributed by atoms with Crippen LogP contribution in [-0.2, 0) is 41.6 Å². The van der Waals surface area contributed by atoms with Gasteiger partial charge in [-0.15, -0.1) is 0 Å². The van der Waals surface area contributed by atoms with Crippen LogP contribution in [0.3, 0.4) is 0 Å². The van der Waals surface area contributed by atoms with Crippen LogP contribution in [0, 0.1) is 0 Å². The van der Waals surface area contributed by atoms with Gasteiger partial charge in [-0.05, 0) is 137 Å². The Kier molecular flexibility index (Phi) is 36.2. The predicted octanol–water partition coefficient (Wildman–Crippen LogP) is 11.7. The zero-order valence-electron chi connectivity index (χ0n) is 51.2. The molecule has 0 unspecified atom stereocenters. The molecule has 2 saturated heterocycles. The van der Waals surface area contributed by atoms with Gasteiger partial charge in [0, 0.05) is 114 Å². The van der Waals surface area contributed by atoms with Crippen molar-refractivity contribution < 1.29 is 66.5 Å². The van der Waals surface area contributed by atoms with Gasteiger partial charge in [0.1, 0.15) is 11.5 Å². The molecular weight excluding hydrogens is 1110 g/mol. The molecule has 476 valence electrons. The van der Waals surface area contributed by atoms with Crippen molar-refractivity contribution in [2.45, 2.75) is 157 Å². The number of carbonyl (C=O) groups excluding carboxylic acids is 4. The van der Waals surface area contributed by atoms with E-state index in [2.05, 4.69) is 41.1 Å². The van der Waals surface area contributed by atoms with Gasteiger partial charge in [-0.1, -0.05) is 53.0 Å². The summed E-state index contributed by atoms with van der Waals surface area (Å²) in [7, 11) is 9.74. The van der Waals surface area contributed by atoms with Gasteiger partial charge in [0.15, 0.2) is 23.0 Å². The molecule has 0 aromatic heterocycles. The second-order valence-electron chi connectivity index (χ2n) is 20.9. The lowest BCUT2D eigenvalue weighted by Gasteiger charge is -2.45. The van der Waals surface area contributed by atoms with E-state index in [1.807, 2.05) is 69.0 Å². The molecule has 2 aliphatic rings. The molecule has 0 bridgehead atoms. The van der Waals surface area contributed by atoms with Gasteiger partial charge < -0.3 is 57.6 Å². The average molecular weight is 1210 g/mol. The fourth-order valence-electron chi connectivity index (χ4n) is 10.2. The van der Waals surface area contributed by atoms with Crippen molar-refractivity contribution >= 4 is 34.7 Å². The Morgan fingerprint density at radius 3 is 1.42 bits per heavy atom. The summed E-state index contributed by atoms with van der Waals surface area (Å²) in [5.74, 6) is 3.53. The quantitative estimate of drug-likeness (QED) is 0.0295. The van der Waals surface area contributed by atoms with Crippen LogP contribution in [0.15, 0.2) is 84.9 Å². The van der Waals surface area contributed by atoms with E-state index in [-0.39, 0.29) is 56.9 Å². The number of methoxy groups -OCH3 is 6. The molecule has 0 radical (unpaired) electrons. The van der Waals surface area contributed by atoms with E-state index in [1.54, 1.807) is 79.1 Å². The van der Waals surface area contributed by atoms with Crippen LogP contribution in [0.5, 0.6) is 34.5 Å². The number of amides is 1. The Labute approximate surface area is 513 Å². The van der Waals surface area contributed by atoms with Crippen LogP contribution < -0.4 is 33.7 Å². The lowest BCUT2D eigenvalue weighted by Crippen LogP contribution is -2.55. The Hall–Kier alpha value is -6.15. The van der Waals surface area contributed by atoms with E-state index in [0.29, 0.717) is 112 Å². The molecule has 19 heteroatoms. The highest BCUT2D eigenvalue weighted by Crippen LogP contribution is 2.33. The van der Waals surface area contributed by atoms with Gasteiger partial charge in [-0.3, -0.25) is 29.0 Å². The SMILES string of the molecule is C.C.CCOC(=O)C[C@@H]1CC[C@@H](N(C(=O)c2ccc(OC)c(OCCCOC)c2)C(C)C)CN1Cc1ccc(OC)cc1.CCOC(=O)C[C@@H]1CC[C@@H](NC(C)C)CN1Cc1ccc(OC)cc1.COCCCOc1cc(C(=O)Cl)ccc1OC. The molecule has 18 nitrogen and oxygen atoms in total. The van der Waals surface area contributed by atoms with E-state index in [0.717, 1.165) is 68.7 Å². The first-order valence-electron chi connectivity index (χ1n) is 28.9. The molecule has 2 fully saturated rings. The lowest BCUT2D eigenvalue weighted by molar-refractivity contribution is -0.146. The third kappa shape index (κ3) is 25.8. The zero-order valence-corrected chi connectivity index (χ0v) is 52.0. The van der Waals surface area contributed by atoms with Crippen molar-refractivity contribution in [3.63, 3.8) is 0 Å². The van der Waals surface area contributed by atoms with Crippen LogP contribution in [0.1, 0.15) is 140 Å². The van der Waals surface area contributed by atoms with E-state index < -0.39 is 5.24 Å². The second-order valence-corrected chi connectivity index (χ2v) is 21.3. The summed E-state index contributed by atoms with van der Waals surface area (Å²) < 4.78 is 53.1. The number of ether oxygens (including phenoxy) is 10. The molecular formula is C66H101ClN4O14. The highest BCUT2D eigenvalue weighted by atomic mass is 35.5. The minimum absolute atomic E-state index is 0. The Morgan fingerprint density at radius 1 is 0.565 bits per heavy atom. The third-order valence-electron chi connectivity index (χ3n) is 14.2. The van der Waals surface area contributed by atoms with E-state index in [9.17, 15) is 19.2 Å². The molecule has 4 atom stereocenters. The monoisotopic (exact) mass is 1210 g/mol. The highest BCUT2D eigenvalue weighted by Gasteiger charge is 2.37. The van der Waals surface area contributed by atoms with Crippen molar-refractivity contribution in [2.24, 2.45) is 0 Å². The van der Waals surface area contributed by atoms with Gasteiger partial charge in [0.05, 0.1) is 67.7 Å². The molecule has 0 aliphatic carbocycles. The number of nitrogens with zero attached hydrogens (tertiary/aromatic N) is 3. The molecule has 6 rings (SSSR count). The number of likely N-dealkylation sites (tertiary alicyclic amines) is 2. The normalized spacial score (nSPS) is 16.6. The van der Waals surface area contributed by atoms with E-state index in [4.69, 9.17) is 59.0 Å². The maximum atomic E-state index is 14.0. The second kappa shape index (κ2) is 41.0. The molecule has 1 N–H and O–H groups in total. The highest BCUT2D eigenvalue weighted by molar-refractivity contribution is 6.67. The number of benzene rings is 4. The lowest BCUT2D eigenvalue weighted by atomic mass is 9.93. The van der Waals surface area contributed by atoms with Crippen molar-refractivity contribution in [3.8, 4) is 34.5 Å². The number of piperidine rings is 2. The average Bonchev–Trinajstić information content (AvgIpc) is 2.91. The Bertz CT molecular complexity index is 2530. The van der Waals surface area contributed by atoms with Crippen molar-refractivity contribution in [3.05, 3.63) is 107 Å². The van der Waals surface area contributed by atoms with Crippen LogP contribution >= 0.6 is 11.6 Å². The van der Waals surface area contributed by atoms with Gasteiger partial charge in [-0.2, -0.15) is 0 Å². The summed E-state index contributed by atoms with van der Waals surface area (Å²) in [4.78, 5) is 56.1. The number of carbonyl (C=O) groups is 4. The van der Waals surface area contributed by atoms with E-state index >= 15 is 0 Å². The summed E-state index contributed by atoms with van der Waals surface area (Å²) in [6.45, 7) is 18.2. The largest absolute Gasteiger partial charge is 0.497 e. The summed E-state index contributed by atoms with van der Waals surface area (Å²) in [6, 6.07) is 27.5. The number of hydrogen-bond donors (Lipinski definition) is 1. The van der Waals surface area contributed by atoms with Crippen molar-refractivity contribution in [1.29, 1.82) is 0 Å². The molecule has 2 heterocycles. The Balaban J connectivity index is 0.000000476. The first kappa shape index (κ1) is 74.9. The van der Waals surface area contributed by atoms with E-state index in [1.165, 1.54) is 5.56 Å². The Morgan fingerprint density at radius 2 is 1.01 bits per heavy atom. The molecule has 4 aromatic rings. The van der Waals surface area contributed by atoms with Crippen molar-refractivity contribution in [1.82, 2.24) is 20.0 Å². The van der Waals surface area contributed by atoms with Gasteiger partial charge in [0.2, 0.25) is 0 Å². The first-order chi connectivity index (χ1) is 40.0. The molecule has 2 aliphatic heterocycles. The topological polar surface area (TPSA) is 182 Å². The summed E-state index contributed by atoms with van der Waals surface area (Å²) >= 11 is 5.40.